The molecular formula is C28H24Cl3N3O5. The van der Waals surface area contributed by atoms with Crippen LogP contribution in [0.5, 0.6) is 0 Å². The molecule has 3 N–H and O–H groups in total. The number of hydrogen-bond acceptors (Lipinski definition) is 4. The maximum Gasteiger partial charge on any atom is 0.326 e. The normalized spacial score (nSPS) is 13.3. The van der Waals surface area contributed by atoms with E-state index in [0.717, 1.165) is 0 Å². The number of nitrogens with zero attached hydrogens (tertiary/aromatic N) is 1. The fraction of sp³-hybridized carbons (Fsp3) is 0.214. The van der Waals surface area contributed by atoms with E-state index in [9.17, 15) is 24.3 Å². The van der Waals surface area contributed by atoms with E-state index in [2.05, 4.69) is 10.6 Å². The van der Waals surface area contributed by atoms with Gasteiger partial charge >= 0.3 is 5.97 Å². The first kappa shape index (κ1) is 28.4. The Kier molecular flexibility index (Phi) is 9.12. The first-order chi connectivity index (χ1) is 18.7. The van der Waals surface area contributed by atoms with E-state index in [0.29, 0.717) is 40.2 Å². The zero-order valence-corrected chi connectivity index (χ0v) is 22.8. The predicted molar refractivity (Wildman–Crippen MR) is 149 cm³/mol. The minimum atomic E-state index is -1.29. The standard InChI is InChI=1S/C28H24Cl3N3O5/c29-19-8-6-17(7-9-19)27(37)34-13-11-20-18(15-34)14-21(30)23(24(20)31)26(36)33-22(28(38)39)10-12-32-25(35)16-4-2-1-3-5-16/h1-9,14,22H,10-13,15H2,(H,32,35)(H,33,36)(H,38,39)/t22-/m0/s1. The van der Waals surface area contributed by atoms with E-state index in [4.69, 9.17) is 34.8 Å². The zero-order chi connectivity index (χ0) is 28.1. The van der Waals surface area contributed by atoms with Crippen molar-refractivity contribution >= 4 is 58.5 Å². The van der Waals surface area contributed by atoms with Crippen LogP contribution in [0.1, 0.15) is 48.6 Å². The second kappa shape index (κ2) is 12.5. The van der Waals surface area contributed by atoms with Gasteiger partial charge in [-0.25, -0.2) is 4.79 Å². The third kappa shape index (κ3) is 6.71. The molecule has 0 spiro atoms. The molecule has 3 aromatic rings. The summed E-state index contributed by atoms with van der Waals surface area (Å²) in [6, 6.07) is 15.4. The fourth-order valence-electron chi connectivity index (χ4n) is 4.32. The van der Waals surface area contributed by atoms with E-state index in [-0.39, 0.29) is 46.9 Å². The highest BCUT2D eigenvalue weighted by Crippen LogP contribution is 2.35. The van der Waals surface area contributed by atoms with E-state index >= 15 is 0 Å². The van der Waals surface area contributed by atoms with Crippen LogP contribution in [0.2, 0.25) is 15.1 Å². The van der Waals surface area contributed by atoms with E-state index < -0.39 is 17.9 Å². The lowest BCUT2D eigenvalue weighted by molar-refractivity contribution is -0.139. The fourth-order valence-corrected chi connectivity index (χ4v) is 5.21. The molecule has 8 nitrogen and oxygen atoms in total. The summed E-state index contributed by atoms with van der Waals surface area (Å²) in [5.74, 6) is -2.53. The molecule has 1 atom stereocenters. The van der Waals surface area contributed by atoms with Crippen molar-refractivity contribution in [3.05, 3.63) is 104 Å². The number of nitrogens with one attached hydrogen (secondary N) is 2. The van der Waals surface area contributed by atoms with Gasteiger partial charge in [0.2, 0.25) is 0 Å². The van der Waals surface area contributed by atoms with Crippen molar-refractivity contribution in [2.24, 2.45) is 0 Å². The number of amides is 3. The third-order valence-electron chi connectivity index (χ3n) is 6.37. The van der Waals surface area contributed by atoms with Gasteiger partial charge in [-0.15, -0.1) is 0 Å². The van der Waals surface area contributed by atoms with Crippen molar-refractivity contribution < 1.29 is 24.3 Å². The predicted octanol–water partition coefficient (Wildman–Crippen LogP) is 4.85. The number of carbonyl (C=O) groups excluding carboxylic acids is 3. The number of halogens is 3. The minimum Gasteiger partial charge on any atom is -0.480 e. The quantitative estimate of drug-likeness (QED) is 0.348. The first-order valence-electron chi connectivity index (χ1n) is 12.1. The van der Waals surface area contributed by atoms with Crippen LogP contribution in [0.3, 0.4) is 0 Å². The van der Waals surface area contributed by atoms with Gasteiger partial charge in [0.25, 0.3) is 17.7 Å². The van der Waals surface area contributed by atoms with Crippen LogP contribution in [0.25, 0.3) is 0 Å². The lowest BCUT2D eigenvalue weighted by Gasteiger charge is -2.30. The van der Waals surface area contributed by atoms with Crippen LogP contribution in [0.4, 0.5) is 0 Å². The van der Waals surface area contributed by atoms with Crippen molar-refractivity contribution in [2.45, 2.75) is 25.4 Å². The lowest BCUT2D eigenvalue weighted by atomic mass is 9.96. The van der Waals surface area contributed by atoms with Gasteiger partial charge in [0.1, 0.15) is 6.04 Å². The number of carboxylic acids is 1. The Balaban J connectivity index is 1.43. The van der Waals surface area contributed by atoms with Crippen molar-refractivity contribution in [1.29, 1.82) is 0 Å². The molecule has 0 aliphatic carbocycles. The summed E-state index contributed by atoms with van der Waals surface area (Å²) >= 11 is 18.9. The lowest BCUT2D eigenvalue weighted by Crippen LogP contribution is -2.43. The van der Waals surface area contributed by atoms with Crippen LogP contribution in [-0.2, 0) is 17.8 Å². The number of hydrogen-bond donors (Lipinski definition) is 3. The highest BCUT2D eigenvalue weighted by atomic mass is 35.5. The topological polar surface area (TPSA) is 116 Å². The molecule has 0 radical (unpaired) electrons. The Morgan fingerprint density at radius 1 is 0.923 bits per heavy atom. The number of carbonyl (C=O) groups is 4. The Labute approximate surface area is 239 Å². The number of carboxylic acid groups (broad SMARTS) is 1. The number of benzene rings is 3. The first-order valence-corrected chi connectivity index (χ1v) is 13.2. The minimum absolute atomic E-state index is 0.0219. The third-order valence-corrected chi connectivity index (χ3v) is 7.34. The smallest absolute Gasteiger partial charge is 0.326 e. The van der Waals surface area contributed by atoms with Crippen LogP contribution in [-0.4, -0.2) is 52.8 Å². The van der Waals surface area contributed by atoms with Crippen molar-refractivity contribution in [2.75, 3.05) is 13.1 Å². The molecule has 202 valence electrons. The molecule has 11 heteroatoms. The van der Waals surface area contributed by atoms with Crippen molar-refractivity contribution in [3.63, 3.8) is 0 Å². The van der Waals surface area contributed by atoms with E-state index in [1.54, 1.807) is 65.6 Å². The molecule has 3 aromatic carbocycles. The average molecular weight is 589 g/mol. The summed E-state index contributed by atoms with van der Waals surface area (Å²) in [5, 5.41) is 15.4. The summed E-state index contributed by atoms with van der Waals surface area (Å²) in [6.45, 7) is 0.640. The Morgan fingerprint density at radius 2 is 1.62 bits per heavy atom. The maximum absolute atomic E-state index is 13.1. The molecule has 1 aliphatic heterocycles. The zero-order valence-electron chi connectivity index (χ0n) is 20.5. The molecule has 0 saturated carbocycles. The van der Waals surface area contributed by atoms with Crippen LogP contribution >= 0.6 is 34.8 Å². The van der Waals surface area contributed by atoms with Crippen molar-refractivity contribution in [1.82, 2.24) is 15.5 Å². The van der Waals surface area contributed by atoms with Gasteiger partial charge < -0.3 is 20.6 Å². The number of fused-ring (bicyclic) bond motifs is 1. The summed E-state index contributed by atoms with van der Waals surface area (Å²) < 4.78 is 0. The molecule has 0 aromatic heterocycles. The van der Waals surface area contributed by atoms with Gasteiger partial charge in [-0.3, -0.25) is 14.4 Å². The summed E-state index contributed by atoms with van der Waals surface area (Å²) in [4.78, 5) is 51.7. The molecule has 0 fully saturated rings. The molecule has 1 aliphatic rings. The molecule has 0 unspecified atom stereocenters. The maximum atomic E-state index is 13.1. The monoisotopic (exact) mass is 587 g/mol. The molecule has 0 saturated heterocycles. The average Bonchev–Trinajstić information content (AvgIpc) is 2.92. The largest absolute Gasteiger partial charge is 0.480 e. The van der Waals surface area contributed by atoms with Crippen LogP contribution < -0.4 is 10.6 Å². The van der Waals surface area contributed by atoms with Gasteiger partial charge in [-0.2, -0.15) is 0 Å². The molecule has 4 rings (SSSR count). The molecule has 3 amide bonds. The number of aliphatic carboxylic acids is 1. The highest BCUT2D eigenvalue weighted by Gasteiger charge is 2.29. The summed E-state index contributed by atoms with van der Waals surface area (Å²) in [7, 11) is 0. The van der Waals surface area contributed by atoms with Crippen molar-refractivity contribution in [3.8, 4) is 0 Å². The molecule has 1 heterocycles. The Morgan fingerprint density at radius 3 is 2.28 bits per heavy atom. The highest BCUT2D eigenvalue weighted by molar-refractivity contribution is 6.40. The summed E-state index contributed by atoms with van der Waals surface area (Å²) in [6.07, 6.45) is 0.334. The molecule has 0 bridgehead atoms. The molecule has 39 heavy (non-hydrogen) atoms. The Bertz CT molecular complexity index is 1410. The second-order valence-corrected chi connectivity index (χ2v) is 10.2. The van der Waals surface area contributed by atoms with Crippen LogP contribution in [0, 0.1) is 0 Å². The van der Waals surface area contributed by atoms with Gasteiger partial charge in [-0.05, 0) is 66.4 Å². The van der Waals surface area contributed by atoms with Gasteiger partial charge in [0, 0.05) is 35.8 Å². The van der Waals surface area contributed by atoms with Gasteiger partial charge in [0.05, 0.1) is 15.6 Å². The van der Waals surface area contributed by atoms with Gasteiger partial charge in [-0.1, -0.05) is 53.0 Å². The van der Waals surface area contributed by atoms with E-state index in [1.807, 2.05) is 0 Å². The second-order valence-electron chi connectivity index (χ2n) is 8.94. The Hall–Kier alpha value is -3.59. The van der Waals surface area contributed by atoms with Crippen LogP contribution in [0.15, 0.2) is 60.7 Å². The van der Waals surface area contributed by atoms with E-state index in [1.165, 1.54) is 0 Å². The summed E-state index contributed by atoms with van der Waals surface area (Å²) in [5.41, 5.74) is 2.28. The SMILES string of the molecule is O=C(NCC[C@H](NC(=O)c1c(Cl)cc2c(c1Cl)CCN(C(=O)c1ccc(Cl)cc1)C2)C(=O)O)c1ccccc1. The molecular weight excluding hydrogens is 565 g/mol. The number of rotatable bonds is 8. The van der Waals surface area contributed by atoms with Gasteiger partial charge in [0.15, 0.2) is 0 Å².